The van der Waals surface area contributed by atoms with Gasteiger partial charge in [-0.25, -0.2) is 0 Å². The first kappa shape index (κ1) is 18.3. The zero-order valence-corrected chi connectivity index (χ0v) is 11.8. The molecule has 11 heavy (non-hydrogen) atoms. The minimum Gasteiger partial charge on any atom is -1.00 e. The Hall–Kier alpha value is 1.49. The van der Waals surface area contributed by atoms with Crippen LogP contribution in [0.5, 0.6) is 0 Å². The van der Waals surface area contributed by atoms with Crippen molar-refractivity contribution in [3.05, 3.63) is 0 Å². The van der Waals surface area contributed by atoms with Gasteiger partial charge in [-0.3, -0.25) is 0 Å². The second-order valence-electron chi connectivity index (χ2n) is 4.62. The normalized spacial score (nSPS) is 11.5. The summed E-state index contributed by atoms with van der Waals surface area (Å²) in [6, 6.07) is 0. The minimum atomic E-state index is 0. The topological polar surface area (TPSA) is 0 Å². The van der Waals surface area contributed by atoms with Gasteiger partial charge in [0.25, 0.3) is 0 Å². The van der Waals surface area contributed by atoms with Crippen LogP contribution in [-0.4, -0.2) is 33.4 Å². The molecule has 0 saturated carbocycles. The van der Waals surface area contributed by atoms with Crippen LogP contribution in [0.25, 0.3) is 0 Å². The Balaban J connectivity index is -0.0000000533. The summed E-state index contributed by atoms with van der Waals surface area (Å²) in [7, 11) is 1.05. The van der Waals surface area contributed by atoms with Crippen molar-refractivity contribution in [3.8, 4) is 0 Å². The molecular weight excluding hydrogens is 187 g/mol. The Labute approximate surface area is 98.6 Å². The second kappa shape index (κ2) is 6.02. The van der Waals surface area contributed by atoms with Crippen molar-refractivity contribution in [1.29, 1.82) is 0 Å². The van der Waals surface area contributed by atoms with E-state index in [-0.39, 0.29) is 38.3 Å². The Morgan fingerprint density at radius 1 is 0.818 bits per heavy atom. The van der Waals surface area contributed by atoms with Gasteiger partial charge >= 0.3 is 23.1 Å². The number of rotatable bonds is 0. The summed E-state index contributed by atoms with van der Waals surface area (Å²) in [5.41, 5.74) is 0. The summed E-state index contributed by atoms with van der Waals surface area (Å²) in [4.78, 5) is 0. The molecule has 0 radical (unpaired) electrons. The van der Waals surface area contributed by atoms with E-state index in [4.69, 9.17) is 0 Å². The standard InChI is InChI=1S/C8H19P.ClH.Mg.2H/c1-7(2,3)9-8(4,5)6;;;;/h9H,1-6H3;1H;;;/q;;+2;2*-1. The molecule has 0 spiro atoms. The van der Waals surface area contributed by atoms with Gasteiger partial charge in [-0.2, -0.15) is 0 Å². The van der Waals surface area contributed by atoms with Gasteiger partial charge in [-0.15, -0.1) is 21.0 Å². The molecule has 0 nitrogen and oxygen atoms in total. The van der Waals surface area contributed by atoms with E-state index in [1.807, 2.05) is 0 Å². The van der Waals surface area contributed by atoms with Crippen LogP contribution in [0.15, 0.2) is 0 Å². The van der Waals surface area contributed by atoms with Crippen molar-refractivity contribution in [3.63, 3.8) is 0 Å². The molecule has 68 valence electrons. The van der Waals surface area contributed by atoms with Crippen molar-refractivity contribution in [2.45, 2.75) is 51.9 Å². The summed E-state index contributed by atoms with van der Waals surface area (Å²) in [5, 5.41) is 1.02. The van der Waals surface area contributed by atoms with E-state index < -0.39 is 0 Å². The van der Waals surface area contributed by atoms with Crippen LogP contribution in [0.2, 0.25) is 0 Å². The first-order valence-corrected chi connectivity index (χ1v) is 4.50. The quantitative estimate of drug-likeness (QED) is 0.422. The fourth-order valence-corrected chi connectivity index (χ4v) is 3.38. The second-order valence-corrected chi connectivity index (χ2v) is 7.88. The minimum absolute atomic E-state index is 0. The summed E-state index contributed by atoms with van der Waals surface area (Å²) in [6.45, 7) is 13.8. The van der Waals surface area contributed by atoms with Crippen molar-refractivity contribution in [1.82, 2.24) is 0 Å². The molecule has 0 aliphatic heterocycles. The smallest absolute Gasteiger partial charge is 1.00 e. The van der Waals surface area contributed by atoms with E-state index in [0.717, 1.165) is 8.58 Å². The van der Waals surface area contributed by atoms with Gasteiger partial charge in [0, 0.05) is 0 Å². The molecule has 0 aromatic heterocycles. The molecule has 0 aliphatic rings. The SMILES string of the molecule is CC(C)(C)PC(C)(C)C.Cl.[H-].[H-].[Mg+2]. The average molecular weight is 209 g/mol. The Morgan fingerprint density at radius 2 is 1.00 bits per heavy atom. The monoisotopic (exact) mass is 208 g/mol. The molecule has 0 amide bonds. The van der Waals surface area contributed by atoms with Crippen LogP contribution in [0.1, 0.15) is 44.4 Å². The Kier molecular flexibility index (Phi) is 10.0. The van der Waals surface area contributed by atoms with Crippen molar-refractivity contribution in [2.24, 2.45) is 0 Å². The maximum Gasteiger partial charge on any atom is 2.00 e. The van der Waals surface area contributed by atoms with Gasteiger partial charge in [0.2, 0.25) is 0 Å². The van der Waals surface area contributed by atoms with Crippen LogP contribution in [0.3, 0.4) is 0 Å². The van der Waals surface area contributed by atoms with Crippen molar-refractivity contribution in [2.75, 3.05) is 0 Å². The Morgan fingerprint density at radius 3 is 1.00 bits per heavy atom. The first-order valence-electron chi connectivity index (χ1n) is 3.50. The van der Waals surface area contributed by atoms with Gasteiger partial charge in [-0.05, 0) is 10.3 Å². The molecule has 0 unspecified atom stereocenters. The molecule has 0 rings (SSSR count). The van der Waals surface area contributed by atoms with Crippen molar-refractivity contribution >= 4 is 44.0 Å². The van der Waals surface area contributed by atoms with E-state index in [1.165, 1.54) is 0 Å². The van der Waals surface area contributed by atoms with Gasteiger partial charge < -0.3 is 2.85 Å². The van der Waals surface area contributed by atoms with E-state index in [1.54, 1.807) is 0 Å². The van der Waals surface area contributed by atoms with Crippen LogP contribution >= 0.6 is 21.0 Å². The van der Waals surface area contributed by atoms with Gasteiger partial charge in [0.1, 0.15) is 0 Å². The molecule has 0 bridgehead atoms. The molecule has 3 heteroatoms. The average Bonchev–Trinajstić information content (AvgIpc) is 1.14. The van der Waals surface area contributed by atoms with Crippen LogP contribution < -0.4 is 0 Å². The third-order valence-corrected chi connectivity index (χ3v) is 2.25. The van der Waals surface area contributed by atoms with Crippen LogP contribution in [-0.2, 0) is 0 Å². The molecule has 0 fully saturated rings. The molecule has 0 heterocycles. The zero-order valence-electron chi connectivity index (χ0n) is 10.6. The van der Waals surface area contributed by atoms with Gasteiger partial charge in [0.15, 0.2) is 0 Å². The predicted octanol–water partition coefficient (Wildman–Crippen LogP) is 3.53. The van der Waals surface area contributed by atoms with E-state index in [0.29, 0.717) is 10.3 Å². The number of halogens is 1. The fraction of sp³-hybridized carbons (Fsp3) is 1.00. The van der Waals surface area contributed by atoms with Crippen LogP contribution in [0.4, 0.5) is 0 Å². The first-order chi connectivity index (χ1) is 3.71. The summed E-state index contributed by atoms with van der Waals surface area (Å²) in [5.74, 6) is 0. The van der Waals surface area contributed by atoms with E-state index in [9.17, 15) is 0 Å². The summed E-state index contributed by atoms with van der Waals surface area (Å²) in [6.07, 6.45) is 0. The zero-order chi connectivity index (χ0) is 7.71. The summed E-state index contributed by atoms with van der Waals surface area (Å²) >= 11 is 0. The molecule has 0 aliphatic carbocycles. The van der Waals surface area contributed by atoms with E-state index in [2.05, 4.69) is 41.5 Å². The largest absolute Gasteiger partial charge is 2.00 e. The van der Waals surface area contributed by atoms with Gasteiger partial charge in [0.05, 0.1) is 0 Å². The fourth-order valence-electron chi connectivity index (χ4n) is 1.12. The van der Waals surface area contributed by atoms with Crippen molar-refractivity contribution < 1.29 is 2.85 Å². The number of hydrogen-bond donors (Lipinski definition) is 0. The molecule has 0 aromatic carbocycles. The molecular formula is C8H22ClMgP. The van der Waals surface area contributed by atoms with Gasteiger partial charge in [-0.1, -0.05) is 41.5 Å². The maximum absolute atomic E-state index is 2.30. The molecule has 0 aromatic rings. The number of hydrogen-bond acceptors (Lipinski definition) is 0. The van der Waals surface area contributed by atoms with Crippen LogP contribution in [0, 0.1) is 0 Å². The third kappa shape index (κ3) is 18.4. The van der Waals surface area contributed by atoms with E-state index >= 15 is 0 Å². The Bertz CT molecular complexity index is 87.3. The molecule has 0 atom stereocenters. The molecule has 0 N–H and O–H groups in total. The maximum atomic E-state index is 2.30. The predicted molar refractivity (Wildman–Crippen MR) is 63.0 cm³/mol. The third-order valence-electron chi connectivity index (χ3n) is 0.750. The summed E-state index contributed by atoms with van der Waals surface area (Å²) < 4.78 is 0. The molecule has 0 saturated heterocycles.